The van der Waals surface area contributed by atoms with Gasteiger partial charge in [0, 0.05) is 0 Å². The fourth-order valence-electron chi connectivity index (χ4n) is 0.393. The van der Waals surface area contributed by atoms with Gasteiger partial charge in [0.05, 0.1) is 0 Å². The first-order valence-corrected chi connectivity index (χ1v) is 1.82. The maximum absolute atomic E-state index is 2.12. The van der Waals surface area contributed by atoms with Gasteiger partial charge in [0.15, 0.2) is 0 Å². The van der Waals surface area contributed by atoms with Gasteiger partial charge in [-0.15, -0.1) is 0 Å². The van der Waals surface area contributed by atoms with E-state index in [1.807, 2.05) is 0 Å². The monoisotopic (exact) mass is 259 g/mol. The Balaban J connectivity index is 0.000000250. The molecule has 1 rings (SSSR count). The summed E-state index contributed by atoms with van der Waals surface area (Å²) >= 11 is 0. The quantitative estimate of drug-likeness (QED) is 0.618. The van der Waals surface area contributed by atoms with Crippen LogP contribution in [0.1, 0.15) is 6.42 Å². The van der Waals surface area contributed by atoms with Crippen molar-refractivity contribution < 1.29 is 20.1 Å². The number of hydrogen-bond acceptors (Lipinski definition) is 0. The summed E-state index contributed by atoms with van der Waals surface area (Å²) < 4.78 is 0. The van der Waals surface area contributed by atoms with Crippen molar-refractivity contribution in [3.8, 4) is 0 Å². The Kier molecular flexibility index (Phi) is 3.40. The molecule has 0 saturated heterocycles. The zero-order valence-electron chi connectivity index (χ0n) is 3.35. The fourth-order valence-corrected chi connectivity index (χ4v) is 0.393. The molecule has 0 unspecified atom stereocenters. The van der Waals surface area contributed by atoms with Gasteiger partial charge in [0.1, 0.15) is 0 Å². The zero-order valence-corrected chi connectivity index (χ0v) is 5.74. The summed E-state index contributed by atoms with van der Waals surface area (Å²) in [5.41, 5.74) is 0. The average molecular weight is 258 g/mol. The first kappa shape index (κ1) is 6.13. The molecule has 0 nitrogen and oxygen atoms in total. The Morgan fingerprint density at radius 3 is 1.67 bits per heavy atom. The molecule has 0 aliphatic heterocycles. The molecule has 6 heavy (non-hydrogen) atoms. The van der Waals surface area contributed by atoms with Gasteiger partial charge < -0.3 is 0 Å². The molecule has 0 saturated carbocycles. The van der Waals surface area contributed by atoms with Crippen LogP contribution >= 0.6 is 0 Å². The largest absolute Gasteiger partial charge is 3.00 e. The van der Waals surface area contributed by atoms with Crippen LogP contribution in [0.4, 0.5) is 0 Å². The molecule has 0 spiro atoms. The average Bonchev–Trinajstić information content (AvgIpc) is 1.76. The minimum atomic E-state index is 0. The minimum Gasteiger partial charge on any atom is -0.0808 e. The van der Waals surface area contributed by atoms with Crippen LogP contribution in [0.3, 0.4) is 0 Å². The van der Waals surface area contributed by atoms with E-state index >= 15 is 0 Å². The normalized spacial score (nSPS) is 14.7. The molecular formula is C5H6Ir+3. The molecule has 1 aliphatic carbocycles. The van der Waals surface area contributed by atoms with Crippen LogP contribution in [0.5, 0.6) is 0 Å². The smallest absolute Gasteiger partial charge is 0.0808 e. The van der Waals surface area contributed by atoms with Gasteiger partial charge in [-0.1, -0.05) is 24.3 Å². The van der Waals surface area contributed by atoms with E-state index < -0.39 is 0 Å². The van der Waals surface area contributed by atoms with Crippen molar-refractivity contribution in [2.75, 3.05) is 0 Å². The maximum atomic E-state index is 2.12. The standard InChI is InChI=1S/C5H6.Ir/c1-2-4-5-3-1;/h1-4H,5H2;/q;+3. The summed E-state index contributed by atoms with van der Waals surface area (Å²) in [6, 6.07) is 0. The summed E-state index contributed by atoms with van der Waals surface area (Å²) in [6.07, 6.45) is 9.50. The van der Waals surface area contributed by atoms with Crippen molar-refractivity contribution in [2.24, 2.45) is 0 Å². The third kappa shape index (κ3) is 1.54. The molecule has 0 fully saturated rings. The number of hydrogen-bond donors (Lipinski definition) is 0. The molecule has 0 heterocycles. The van der Waals surface area contributed by atoms with Gasteiger partial charge in [-0.25, -0.2) is 0 Å². The first-order valence-electron chi connectivity index (χ1n) is 1.82. The van der Waals surface area contributed by atoms with Gasteiger partial charge in [0.2, 0.25) is 0 Å². The second kappa shape index (κ2) is 3.32. The summed E-state index contributed by atoms with van der Waals surface area (Å²) in [4.78, 5) is 0. The molecule has 0 aromatic heterocycles. The van der Waals surface area contributed by atoms with Crippen LogP contribution in [0.15, 0.2) is 24.3 Å². The topological polar surface area (TPSA) is 0 Å². The van der Waals surface area contributed by atoms with Crippen LogP contribution in [-0.2, 0) is 20.1 Å². The number of rotatable bonds is 0. The Morgan fingerprint density at radius 1 is 1.00 bits per heavy atom. The molecule has 0 radical (unpaired) electrons. The van der Waals surface area contributed by atoms with Crippen molar-refractivity contribution >= 4 is 0 Å². The van der Waals surface area contributed by atoms with Gasteiger partial charge in [-0.05, 0) is 6.42 Å². The van der Waals surface area contributed by atoms with Gasteiger partial charge in [-0.3, -0.25) is 0 Å². The minimum absolute atomic E-state index is 0. The Labute approximate surface area is 51.3 Å². The molecule has 0 atom stereocenters. The second-order valence-electron chi connectivity index (χ2n) is 1.09. The Morgan fingerprint density at radius 2 is 1.50 bits per heavy atom. The van der Waals surface area contributed by atoms with Crippen molar-refractivity contribution in [2.45, 2.75) is 6.42 Å². The Hall–Kier alpha value is 0.129. The summed E-state index contributed by atoms with van der Waals surface area (Å²) in [5.74, 6) is 0. The van der Waals surface area contributed by atoms with Crippen LogP contribution in [0, 0.1) is 0 Å². The van der Waals surface area contributed by atoms with Crippen LogP contribution in [0.2, 0.25) is 0 Å². The molecule has 0 aromatic carbocycles. The first-order chi connectivity index (χ1) is 2.50. The van der Waals surface area contributed by atoms with E-state index in [1.54, 1.807) is 0 Å². The molecular weight excluding hydrogens is 252 g/mol. The van der Waals surface area contributed by atoms with Crippen molar-refractivity contribution in [1.82, 2.24) is 0 Å². The molecule has 32 valence electrons. The summed E-state index contributed by atoms with van der Waals surface area (Å²) in [7, 11) is 0. The molecule has 0 N–H and O–H groups in total. The maximum Gasteiger partial charge on any atom is 3.00 e. The van der Waals surface area contributed by atoms with E-state index in [4.69, 9.17) is 0 Å². The van der Waals surface area contributed by atoms with E-state index in [2.05, 4.69) is 24.3 Å². The molecule has 0 aromatic rings. The second-order valence-corrected chi connectivity index (χ2v) is 1.09. The summed E-state index contributed by atoms with van der Waals surface area (Å²) in [6.45, 7) is 0. The van der Waals surface area contributed by atoms with Crippen molar-refractivity contribution in [1.29, 1.82) is 0 Å². The third-order valence-electron chi connectivity index (χ3n) is 0.655. The van der Waals surface area contributed by atoms with E-state index in [0.717, 1.165) is 6.42 Å². The van der Waals surface area contributed by atoms with Gasteiger partial charge >= 0.3 is 20.1 Å². The van der Waals surface area contributed by atoms with Gasteiger partial charge in [0.25, 0.3) is 0 Å². The molecule has 1 aliphatic rings. The van der Waals surface area contributed by atoms with Crippen LogP contribution in [0.25, 0.3) is 0 Å². The molecule has 0 bridgehead atoms. The summed E-state index contributed by atoms with van der Waals surface area (Å²) in [5, 5.41) is 0. The Bertz CT molecular complexity index is 62.0. The third-order valence-corrected chi connectivity index (χ3v) is 0.655. The van der Waals surface area contributed by atoms with E-state index in [-0.39, 0.29) is 20.1 Å². The van der Waals surface area contributed by atoms with Crippen molar-refractivity contribution in [3.05, 3.63) is 24.3 Å². The van der Waals surface area contributed by atoms with E-state index in [9.17, 15) is 0 Å². The fraction of sp³-hybridized carbons (Fsp3) is 0.200. The van der Waals surface area contributed by atoms with E-state index in [1.165, 1.54) is 0 Å². The van der Waals surface area contributed by atoms with Crippen LogP contribution in [-0.4, -0.2) is 0 Å². The predicted molar refractivity (Wildman–Crippen MR) is 22.9 cm³/mol. The predicted octanol–water partition coefficient (Wildman–Crippen LogP) is 1.50. The van der Waals surface area contributed by atoms with Crippen molar-refractivity contribution in [3.63, 3.8) is 0 Å². The van der Waals surface area contributed by atoms with E-state index in [0.29, 0.717) is 0 Å². The van der Waals surface area contributed by atoms with Crippen LogP contribution < -0.4 is 0 Å². The SMILES string of the molecule is C1=CCC=C1.[Ir+3]. The molecule has 1 heteroatoms. The van der Waals surface area contributed by atoms with Gasteiger partial charge in [-0.2, -0.15) is 0 Å². The molecule has 0 amide bonds. The number of allylic oxidation sites excluding steroid dienone is 4. The zero-order chi connectivity index (χ0) is 3.54.